The highest BCUT2D eigenvalue weighted by molar-refractivity contribution is 6.14. The van der Waals surface area contributed by atoms with Gasteiger partial charge in [0.1, 0.15) is 22.3 Å². The molecule has 3 heterocycles. The molecule has 0 fully saturated rings. The van der Waals surface area contributed by atoms with Crippen molar-refractivity contribution >= 4 is 43.9 Å². The number of benzene rings is 8. The number of hydrogen-bond acceptors (Lipinski definition) is 5. The molecular formula is C51H31N3O2. The molecule has 0 saturated heterocycles. The van der Waals surface area contributed by atoms with E-state index in [4.69, 9.17) is 23.8 Å². The van der Waals surface area contributed by atoms with Gasteiger partial charge in [-0.1, -0.05) is 158 Å². The highest BCUT2D eigenvalue weighted by atomic mass is 16.3. The molecule has 0 radical (unpaired) electrons. The molecule has 0 aliphatic rings. The van der Waals surface area contributed by atoms with Crippen LogP contribution in [0.25, 0.3) is 111 Å². The van der Waals surface area contributed by atoms with Crippen LogP contribution in [0.5, 0.6) is 0 Å². The number of para-hydroxylation sites is 2. The van der Waals surface area contributed by atoms with E-state index in [-0.39, 0.29) is 0 Å². The summed E-state index contributed by atoms with van der Waals surface area (Å²) in [5.74, 6) is 1.90. The van der Waals surface area contributed by atoms with Crippen molar-refractivity contribution in [2.45, 2.75) is 0 Å². The summed E-state index contributed by atoms with van der Waals surface area (Å²) in [6.07, 6.45) is 0. The van der Waals surface area contributed by atoms with Gasteiger partial charge in [0, 0.05) is 43.8 Å². The Bertz CT molecular complexity index is 3180. The molecule has 5 nitrogen and oxygen atoms in total. The normalized spacial score (nSPS) is 11.6. The average Bonchev–Trinajstić information content (AvgIpc) is 3.85. The van der Waals surface area contributed by atoms with Crippen molar-refractivity contribution in [2.24, 2.45) is 0 Å². The van der Waals surface area contributed by atoms with Gasteiger partial charge in [-0.15, -0.1) is 0 Å². The lowest BCUT2D eigenvalue weighted by Gasteiger charge is -2.10. The average molecular weight is 718 g/mol. The van der Waals surface area contributed by atoms with Gasteiger partial charge in [-0.3, -0.25) is 0 Å². The summed E-state index contributed by atoms with van der Waals surface area (Å²) >= 11 is 0. The maximum absolute atomic E-state index is 6.44. The van der Waals surface area contributed by atoms with E-state index in [0.29, 0.717) is 17.5 Å². The molecule has 262 valence electrons. The summed E-state index contributed by atoms with van der Waals surface area (Å²) in [7, 11) is 0. The zero-order valence-electron chi connectivity index (χ0n) is 30.1. The predicted molar refractivity (Wildman–Crippen MR) is 227 cm³/mol. The first kappa shape index (κ1) is 31.9. The van der Waals surface area contributed by atoms with Crippen molar-refractivity contribution in [3.8, 4) is 67.5 Å². The Balaban J connectivity index is 0.984. The molecule has 0 aliphatic carbocycles. The van der Waals surface area contributed by atoms with Gasteiger partial charge in [-0.05, 0) is 58.1 Å². The van der Waals surface area contributed by atoms with Gasteiger partial charge in [-0.25, -0.2) is 15.0 Å². The molecule has 0 amide bonds. The number of fused-ring (bicyclic) bond motifs is 6. The summed E-state index contributed by atoms with van der Waals surface area (Å²) in [6.45, 7) is 0. The number of furan rings is 2. The van der Waals surface area contributed by atoms with E-state index in [1.54, 1.807) is 0 Å². The van der Waals surface area contributed by atoms with Crippen molar-refractivity contribution in [1.29, 1.82) is 0 Å². The molecule has 0 saturated carbocycles. The molecule has 56 heavy (non-hydrogen) atoms. The van der Waals surface area contributed by atoms with E-state index in [1.165, 1.54) is 0 Å². The van der Waals surface area contributed by atoms with Gasteiger partial charge < -0.3 is 8.83 Å². The van der Waals surface area contributed by atoms with E-state index < -0.39 is 0 Å². The molecular weight excluding hydrogens is 687 g/mol. The van der Waals surface area contributed by atoms with Crippen LogP contribution in [0.1, 0.15) is 0 Å². The number of rotatable bonds is 6. The Hall–Kier alpha value is -7.63. The standard InChI is InChI=1S/C51H31N3O2/c1-3-12-34(13-4-1)49-52-50(35-14-5-2-6-15-35)54-51(53-49)38-17-9-16-36(30-38)37-28-29-45-43(31-37)47-39(19-11-23-46(47)55-45)32-24-26-33(27-25-32)40-20-10-21-42-41-18-7-8-22-44(41)56-48(40)42/h1-31H. The monoisotopic (exact) mass is 717 g/mol. The Morgan fingerprint density at radius 2 is 0.786 bits per heavy atom. The van der Waals surface area contributed by atoms with Crippen molar-refractivity contribution in [2.75, 3.05) is 0 Å². The van der Waals surface area contributed by atoms with E-state index in [2.05, 4.69) is 109 Å². The fourth-order valence-electron chi connectivity index (χ4n) is 7.83. The summed E-state index contributed by atoms with van der Waals surface area (Å²) in [5.41, 5.74) is 12.9. The third kappa shape index (κ3) is 5.45. The summed E-state index contributed by atoms with van der Waals surface area (Å²) in [6, 6.07) is 64.6. The molecule has 11 aromatic rings. The van der Waals surface area contributed by atoms with Crippen LogP contribution in [0.4, 0.5) is 0 Å². The molecule has 11 rings (SSSR count). The third-order valence-corrected chi connectivity index (χ3v) is 10.6. The van der Waals surface area contributed by atoms with E-state index in [9.17, 15) is 0 Å². The van der Waals surface area contributed by atoms with Crippen LogP contribution in [0.2, 0.25) is 0 Å². The quantitative estimate of drug-likeness (QED) is 0.171. The second-order valence-electron chi connectivity index (χ2n) is 14.0. The molecule has 8 aromatic carbocycles. The highest BCUT2D eigenvalue weighted by Gasteiger charge is 2.17. The fourth-order valence-corrected chi connectivity index (χ4v) is 7.83. The van der Waals surface area contributed by atoms with Crippen LogP contribution in [0.3, 0.4) is 0 Å². The maximum atomic E-state index is 6.44. The Kier molecular flexibility index (Phi) is 7.42. The molecule has 5 heteroatoms. The minimum atomic E-state index is 0.622. The van der Waals surface area contributed by atoms with Gasteiger partial charge in [0.15, 0.2) is 17.5 Å². The molecule has 0 unspecified atom stereocenters. The summed E-state index contributed by atoms with van der Waals surface area (Å²) in [4.78, 5) is 14.8. The van der Waals surface area contributed by atoms with Gasteiger partial charge in [0.2, 0.25) is 0 Å². The molecule has 0 bridgehead atoms. The molecule has 0 aliphatic heterocycles. The number of nitrogens with zero attached hydrogens (tertiary/aromatic N) is 3. The number of aromatic nitrogens is 3. The van der Waals surface area contributed by atoms with E-state index in [1.807, 2.05) is 78.9 Å². The second-order valence-corrected chi connectivity index (χ2v) is 14.0. The van der Waals surface area contributed by atoms with Crippen LogP contribution in [-0.2, 0) is 0 Å². The largest absolute Gasteiger partial charge is 0.456 e. The van der Waals surface area contributed by atoms with Gasteiger partial charge in [0.05, 0.1) is 0 Å². The summed E-state index contributed by atoms with van der Waals surface area (Å²) < 4.78 is 12.8. The van der Waals surface area contributed by atoms with Gasteiger partial charge in [0.25, 0.3) is 0 Å². The first-order valence-corrected chi connectivity index (χ1v) is 18.7. The fraction of sp³-hybridized carbons (Fsp3) is 0. The summed E-state index contributed by atoms with van der Waals surface area (Å²) in [5, 5.41) is 4.41. The predicted octanol–water partition coefficient (Wildman–Crippen LogP) is 13.7. The van der Waals surface area contributed by atoms with Crippen molar-refractivity contribution in [3.63, 3.8) is 0 Å². The molecule has 3 aromatic heterocycles. The minimum Gasteiger partial charge on any atom is -0.456 e. The molecule has 0 spiro atoms. The first-order valence-electron chi connectivity index (χ1n) is 18.7. The first-order chi connectivity index (χ1) is 27.7. The van der Waals surface area contributed by atoms with E-state index in [0.717, 1.165) is 93.9 Å². The second kappa shape index (κ2) is 13.0. The van der Waals surface area contributed by atoms with Gasteiger partial charge in [-0.2, -0.15) is 0 Å². The maximum Gasteiger partial charge on any atom is 0.164 e. The van der Waals surface area contributed by atoms with Crippen molar-refractivity contribution in [3.05, 3.63) is 188 Å². The van der Waals surface area contributed by atoms with Gasteiger partial charge >= 0.3 is 0 Å². The lowest BCUT2D eigenvalue weighted by molar-refractivity contribution is 0.669. The topological polar surface area (TPSA) is 65.0 Å². The van der Waals surface area contributed by atoms with Crippen LogP contribution in [-0.4, -0.2) is 15.0 Å². The zero-order chi connectivity index (χ0) is 37.0. The SMILES string of the molecule is c1ccc(-c2nc(-c3ccccc3)nc(-c3cccc(-c4ccc5oc6cccc(-c7ccc(-c8cccc9c8oc8ccccc89)cc7)c6c5c4)c3)n2)cc1. The van der Waals surface area contributed by atoms with Crippen molar-refractivity contribution < 1.29 is 8.83 Å². The van der Waals surface area contributed by atoms with Crippen LogP contribution in [0.15, 0.2) is 197 Å². The molecule has 0 atom stereocenters. The Morgan fingerprint density at radius 1 is 0.286 bits per heavy atom. The number of hydrogen-bond donors (Lipinski definition) is 0. The lowest BCUT2D eigenvalue weighted by atomic mass is 9.95. The van der Waals surface area contributed by atoms with Crippen molar-refractivity contribution in [1.82, 2.24) is 15.0 Å². The lowest BCUT2D eigenvalue weighted by Crippen LogP contribution is -2.00. The minimum absolute atomic E-state index is 0.622. The Labute approximate surface area is 322 Å². The molecule has 0 N–H and O–H groups in total. The highest BCUT2D eigenvalue weighted by Crippen LogP contribution is 2.41. The van der Waals surface area contributed by atoms with Crippen LogP contribution in [0, 0.1) is 0 Å². The van der Waals surface area contributed by atoms with Crippen LogP contribution < -0.4 is 0 Å². The smallest absolute Gasteiger partial charge is 0.164 e. The zero-order valence-corrected chi connectivity index (χ0v) is 30.1. The Morgan fingerprint density at radius 3 is 1.54 bits per heavy atom. The van der Waals surface area contributed by atoms with Crippen LogP contribution >= 0.6 is 0 Å². The third-order valence-electron chi connectivity index (χ3n) is 10.6. The van der Waals surface area contributed by atoms with E-state index >= 15 is 0 Å².